The molecular weight excluding hydrogens is 256 g/mol. The zero-order valence-electron chi connectivity index (χ0n) is 11.4. The SMILES string of the molecule is CCc1ccc(OCc2ncc(CCC(=O)O)[nH]2)cc1. The molecule has 2 N–H and O–H groups in total. The Labute approximate surface area is 117 Å². The highest BCUT2D eigenvalue weighted by Gasteiger charge is 2.04. The van der Waals surface area contributed by atoms with Crippen molar-refractivity contribution in [2.45, 2.75) is 32.8 Å². The lowest BCUT2D eigenvalue weighted by molar-refractivity contribution is -0.136. The Balaban J connectivity index is 1.85. The highest BCUT2D eigenvalue weighted by molar-refractivity contribution is 5.66. The third kappa shape index (κ3) is 4.12. The van der Waals surface area contributed by atoms with Gasteiger partial charge in [0.05, 0.1) is 6.42 Å². The van der Waals surface area contributed by atoms with E-state index in [1.807, 2.05) is 24.3 Å². The third-order valence-corrected chi connectivity index (χ3v) is 3.00. The molecule has 0 unspecified atom stereocenters. The predicted octanol–water partition coefficient (Wildman–Crippen LogP) is 2.57. The first-order valence-electron chi connectivity index (χ1n) is 6.63. The molecule has 0 amide bonds. The molecule has 1 heterocycles. The van der Waals surface area contributed by atoms with Crippen LogP contribution < -0.4 is 4.74 Å². The fourth-order valence-electron chi connectivity index (χ4n) is 1.82. The number of imidazole rings is 1. The molecule has 2 rings (SSSR count). The maximum atomic E-state index is 10.5. The summed E-state index contributed by atoms with van der Waals surface area (Å²) >= 11 is 0. The number of aliphatic carboxylic acids is 1. The molecule has 5 heteroatoms. The van der Waals surface area contributed by atoms with Crippen molar-refractivity contribution in [3.63, 3.8) is 0 Å². The molecule has 2 aromatic rings. The first-order chi connectivity index (χ1) is 9.67. The summed E-state index contributed by atoms with van der Waals surface area (Å²) in [5, 5.41) is 8.62. The number of ether oxygens (including phenoxy) is 1. The molecule has 0 aliphatic heterocycles. The lowest BCUT2D eigenvalue weighted by Crippen LogP contribution is -1.99. The van der Waals surface area contributed by atoms with Gasteiger partial charge in [-0.05, 0) is 30.5 Å². The molecule has 0 saturated carbocycles. The Kier molecular flexibility index (Phi) is 4.76. The molecule has 0 aliphatic carbocycles. The van der Waals surface area contributed by atoms with Crippen molar-refractivity contribution in [1.29, 1.82) is 0 Å². The second-order valence-corrected chi connectivity index (χ2v) is 4.54. The zero-order chi connectivity index (χ0) is 14.4. The number of hydrogen-bond acceptors (Lipinski definition) is 3. The number of carboxylic acids is 1. The van der Waals surface area contributed by atoms with Crippen LogP contribution in [0.5, 0.6) is 5.75 Å². The van der Waals surface area contributed by atoms with Gasteiger partial charge in [0.2, 0.25) is 0 Å². The van der Waals surface area contributed by atoms with Gasteiger partial charge < -0.3 is 14.8 Å². The van der Waals surface area contributed by atoms with Crippen molar-refractivity contribution in [2.24, 2.45) is 0 Å². The summed E-state index contributed by atoms with van der Waals surface area (Å²) in [5.41, 5.74) is 2.08. The van der Waals surface area contributed by atoms with Crippen molar-refractivity contribution in [2.75, 3.05) is 0 Å². The van der Waals surface area contributed by atoms with Crippen LogP contribution in [0.25, 0.3) is 0 Å². The van der Waals surface area contributed by atoms with Crippen LogP contribution in [0.4, 0.5) is 0 Å². The van der Waals surface area contributed by atoms with Crippen LogP contribution in [0.15, 0.2) is 30.5 Å². The molecule has 20 heavy (non-hydrogen) atoms. The van der Waals surface area contributed by atoms with Crippen LogP contribution >= 0.6 is 0 Å². The maximum absolute atomic E-state index is 10.5. The van der Waals surface area contributed by atoms with E-state index in [4.69, 9.17) is 9.84 Å². The smallest absolute Gasteiger partial charge is 0.303 e. The molecule has 0 fully saturated rings. The Morgan fingerprint density at radius 2 is 2.10 bits per heavy atom. The van der Waals surface area contributed by atoms with Gasteiger partial charge in [0.25, 0.3) is 0 Å². The molecule has 0 saturated heterocycles. The largest absolute Gasteiger partial charge is 0.486 e. The average Bonchev–Trinajstić information content (AvgIpc) is 2.91. The van der Waals surface area contributed by atoms with Gasteiger partial charge in [0.1, 0.15) is 18.2 Å². The number of carboxylic acid groups (broad SMARTS) is 1. The van der Waals surface area contributed by atoms with E-state index >= 15 is 0 Å². The summed E-state index contributed by atoms with van der Waals surface area (Å²) in [4.78, 5) is 17.7. The van der Waals surface area contributed by atoms with Gasteiger partial charge in [-0.2, -0.15) is 0 Å². The van der Waals surface area contributed by atoms with Crippen LogP contribution in [0.3, 0.4) is 0 Å². The van der Waals surface area contributed by atoms with Gasteiger partial charge in [0.15, 0.2) is 0 Å². The predicted molar refractivity (Wildman–Crippen MR) is 74.7 cm³/mol. The minimum absolute atomic E-state index is 0.0982. The summed E-state index contributed by atoms with van der Waals surface area (Å²) in [6.45, 7) is 2.45. The summed E-state index contributed by atoms with van der Waals surface area (Å²) in [6, 6.07) is 7.95. The van der Waals surface area contributed by atoms with Crippen LogP contribution in [0.2, 0.25) is 0 Å². The highest BCUT2D eigenvalue weighted by Crippen LogP contribution is 2.14. The van der Waals surface area contributed by atoms with Crippen molar-refractivity contribution in [1.82, 2.24) is 9.97 Å². The normalized spacial score (nSPS) is 10.4. The van der Waals surface area contributed by atoms with Gasteiger partial charge in [-0.25, -0.2) is 4.98 Å². The van der Waals surface area contributed by atoms with Crippen molar-refractivity contribution in [3.05, 3.63) is 47.5 Å². The molecule has 5 nitrogen and oxygen atoms in total. The number of aryl methyl sites for hydroxylation is 2. The molecule has 0 atom stereocenters. The first kappa shape index (κ1) is 14.1. The molecule has 1 aromatic heterocycles. The quantitative estimate of drug-likeness (QED) is 0.813. The molecule has 0 aliphatic rings. The Bertz CT molecular complexity index is 561. The van der Waals surface area contributed by atoms with E-state index in [1.54, 1.807) is 6.20 Å². The van der Waals surface area contributed by atoms with Gasteiger partial charge in [0, 0.05) is 11.9 Å². The van der Waals surface area contributed by atoms with E-state index in [0.717, 1.165) is 17.9 Å². The number of nitrogens with zero attached hydrogens (tertiary/aromatic N) is 1. The van der Waals surface area contributed by atoms with Crippen LogP contribution in [0.1, 0.15) is 30.4 Å². The molecule has 0 bridgehead atoms. The van der Waals surface area contributed by atoms with Crippen molar-refractivity contribution >= 4 is 5.97 Å². The van der Waals surface area contributed by atoms with Gasteiger partial charge in [-0.15, -0.1) is 0 Å². The number of aromatic nitrogens is 2. The third-order valence-electron chi connectivity index (χ3n) is 3.00. The molecule has 1 aromatic carbocycles. The van der Waals surface area contributed by atoms with Crippen LogP contribution in [0, 0.1) is 0 Å². The van der Waals surface area contributed by atoms with E-state index in [-0.39, 0.29) is 6.42 Å². The topological polar surface area (TPSA) is 75.2 Å². The fourth-order valence-corrected chi connectivity index (χ4v) is 1.82. The Morgan fingerprint density at radius 1 is 1.35 bits per heavy atom. The minimum Gasteiger partial charge on any atom is -0.486 e. The number of nitrogens with one attached hydrogen (secondary N) is 1. The Hall–Kier alpha value is -2.30. The second-order valence-electron chi connectivity index (χ2n) is 4.54. The standard InChI is InChI=1S/C15H18N2O3/c1-2-11-3-6-13(7-4-11)20-10-14-16-9-12(17-14)5-8-15(18)19/h3-4,6-7,9H,2,5,8,10H2,1H3,(H,16,17)(H,18,19). The second kappa shape index (κ2) is 6.75. The summed E-state index contributed by atoms with van der Waals surface area (Å²) in [7, 11) is 0. The van der Waals surface area contributed by atoms with Crippen LogP contribution in [-0.2, 0) is 24.2 Å². The molecule has 106 valence electrons. The number of hydrogen-bond donors (Lipinski definition) is 2. The summed E-state index contributed by atoms with van der Waals surface area (Å²) < 4.78 is 5.62. The van der Waals surface area contributed by atoms with E-state index in [9.17, 15) is 4.79 Å². The van der Waals surface area contributed by atoms with E-state index in [1.165, 1.54) is 5.56 Å². The van der Waals surface area contributed by atoms with Gasteiger partial charge in [-0.3, -0.25) is 4.79 Å². The lowest BCUT2D eigenvalue weighted by atomic mass is 10.2. The number of rotatable bonds is 7. The van der Waals surface area contributed by atoms with E-state index in [2.05, 4.69) is 16.9 Å². The Morgan fingerprint density at radius 3 is 2.75 bits per heavy atom. The monoisotopic (exact) mass is 274 g/mol. The average molecular weight is 274 g/mol. The van der Waals surface area contributed by atoms with E-state index in [0.29, 0.717) is 18.9 Å². The van der Waals surface area contributed by atoms with Gasteiger partial charge in [-0.1, -0.05) is 19.1 Å². The van der Waals surface area contributed by atoms with Crippen LogP contribution in [-0.4, -0.2) is 21.0 Å². The van der Waals surface area contributed by atoms with Gasteiger partial charge >= 0.3 is 5.97 Å². The van der Waals surface area contributed by atoms with Crippen molar-refractivity contribution < 1.29 is 14.6 Å². The molecular formula is C15H18N2O3. The minimum atomic E-state index is -0.812. The lowest BCUT2D eigenvalue weighted by Gasteiger charge is -2.04. The van der Waals surface area contributed by atoms with E-state index < -0.39 is 5.97 Å². The number of H-pyrrole nitrogens is 1. The summed E-state index contributed by atoms with van der Waals surface area (Å²) in [6.07, 6.45) is 3.21. The number of carbonyl (C=O) groups is 1. The van der Waals surface area contributed by atoms with Crippen molar-refractivity contribution in [3.8, 4) is 5.75 Å². The summed E-state index contributed by atoms with van der Waals surface area (Å²) in [5.74, 6) is 0.684. The molecule has 0 spiro atoms. The zero-order valence-corrected chi connectivity index (χ0v) is 11.4. The number of aromatic amines is 1. The molecule has 0 radical (unpaired) electrons. The maximum Gasteiger partial charge on any atom is 0.303 e. The number of benzene rings is 1. The fraction of sp³-hybridized carbons (Fsp3) is 0.333. The highest BCUT2D eigenvalue weighted by atomic mass is 16.5. The first-order valence-corrected chi connectivity index (χ1v) is 6.63.